The summed E-state index contributed by atoms with van der Waals surface area (Å²) in [6, 6.07) is 68.1. The van der Waals surface area contributed by atoms with Gasteiger partial charge in [-0.2, -0.15) is 0 Å². The minimum absolute atomic E-state index is 0.0188. The Kier molecular flexibility index (Phi) is 9.87. The quantitative estimate of drug-likeness (QED) is 0.167. The Morgan fingerprint density at radius 2 is 0.550 bits per heavy atom. The lowest BCUT2D eigenvalue weighted by Crippen LogP contribution is -2.14. The molecule has 0 saturated carbocycles. The van der Waals surface area contributed by atoms with Crippen LogP contribution in [0.15, 0.2) is 182 Å². The summed E-state index contributed by atoms with van der Waals surface area (Å²) >= 11 is 0. The Balaban J connectivity index is 1.07. The van der Waals surface area contributed by atoms with Crippen LogP contribution >= 0.6 is 0 Å². The van der Waals surface area contributed by atoms with Crippen molar-refractivity contribution < 1.29 is 0 Å². The van der Waals surface area contributed by atoms with E-state index in [9.17, 15) is 0 Å². The summed E-state index contributed by atoms with van der Waals surface area (Å²) in [5.41, 5.74) is 22.7. The standard InChI is InChI=1S/C72H66N8/c1-69(2,3)43-21-29-47(30-22-43)75(48-31-23-44(24-32-48)70(4,5)6)51-37-39-57-53(41-51)61-63-66(80-60-20-16-14-18-56(60)73-67(80)77(57)63)62-54-42-52(38-40-58(54)78-64(62)65(61)79-59-19-15-13-17-55(59)74-68(78)79)76(49-33-25-45(26-34-49)71(7,8)9)50-35-27-46(28-36-50)72(10,11)12/h13-42H,1-12H3. The van der Waals surface area contributed by atoms with E-state index in [0.29, 0.717) is 0 Å². The lowest BCUT2D eigenvalue weighted by atomic mass is 9.86. The van der Waals surface area contributed by atoms with Crippen molar-refractivity contribution in [2.75, 3.05) is 9.80 Å². The molecule has 80 heavy (non-hydrogen) atoms. The lowest BCUT2D eigenvalue weighted by Gasteiger charge is -2.28. The highest BCUT2D eigenvalue weighted by molar-refractivity contribution is 6.37. The van der Waals surface area contributed by atoms with Crippen molar-refractivity contribution in [3.05, 3.63) is 204 Å². The van der Waals surface area contributed by atoms with Gasteiger partial charge >= 0.3 is 0 Å². The lowest BCUT2D eigenvalue weighted by molar-refractivity contribution is 0.590. The van der Waals surface area contributed by atoms with Gasteiger partial charge in [-0.25, -0.2) is 9.97 Å². The maximum Gasteiger partial charge on any atom is 0.220 e. The first-order chi connectivity index (χ1) is 38.2. The molecule has 8 nitrogen and oxygen atoms in total. The van der Waals surface area contributed by atoms with Gasteiger partial charge in [-0.05, 0) is 153 Å². The topological polar surface area (TPSA) is 49.9 Å². The number of nitrogens with zero attached hydrogens (tertiary/aromatic N) is 8. The summed E-state index contributed by atoms with van der Waals surface area (Å²) in [5, 5.41) is 4.66. The number of fused-ring (bicyclic) bond motifs is 18. The Bertz CT molecular complexity index is 4510. The largest absolute Gasteiger partial charge is 0.310 e. The molecule has 0 saturated heterocycles. The van der Waals surface area contributed by atoms with E-state index in [1.54, 1.807) is 0 Å². The van der Waals surface area contributed by atoms with E-state index in [0.717, 1.165) is 112 Å². The zero-order valence-electron chi connectivity index (χ0n) is 47.9. The van der Waals surface area contributed by atoms with Crippen LogP contribution < -0.4 is 9.80 Å². The van der Waals surface area contributed by atoms with Gasteiger partial charge in [0.15, 0.2) is 0 Å². The van der Waals surface area contributed by atoms with E-state index in [4.69, 9.17) is 9.97 Å². The summed E-state index contributed by atoms with van der Waals surface area (Å²) in [5.74, 6) is 1.79. The molecule has 0 N–H and O–H groups in total. The third-order valence-corrected chi connectivity index (χ3v) is 17.2. The minimum atomic E-state index is 0.0188. The smallest absolute Gasteiger partial charge is 0.220 e. The van der Waals surface area contributed by atoms with Gasteiger partial charge in [0, 0.05) is 55.7 Å². The normalized spacial score (nSPS) is 13.2. The van der Waals surface area contributed by atoms with Gasteiger partial charge in [-0.1, -0.05) is 156 Å². The van der Waals surface area contributed by atoms with Gasteiger partial charge in [-0.3, -0.25) is 17.6 Å². The fourth-order valence-electron chi connectivity index (χ4n) is 13.0. The summed E-state index contributed by atoms with van der Waals surface area (Å²) in [6.45, 7) is 27.4. The molecule has 0 unspecified atom stereocenters. The summed E-state index contributed by atoms with van der Waals surface area (Å²) in [4.78, 5) is 15.9. The van der Waals surface area contributed by atoms with Gasteiger partial charge in [-0.15, -0.1) is 0 Å². The Hall–Kier alpha value is -8.88. The Labute approximate surface area is 466 Å². The molecule has 0 radical (unpaired) electrons. The van der Waals surface area contributed by atoms with Crippen LogP contribution in [0, 0.1) is 0 Å². The van der Waals surface area contributed by atoms with Gasteiger partial charge in [0.2, 0.25) is 11.6 Å². The van der Waals surface area contributed by atoms with Gasteiger partial charge in [0.05, 0.1) is 55.2 Å². The zero-order chi connectivity index (χ0) is 55.1. The van der Waals surface area contributed by atoms with E-state index >= 15 is 0 Å². The number of anilines is 6. The molecule has 0 aliphatic rings. The Morgan fingerprint density at radius 3 is 0.838 bits per heavy atom. The number of para-hydroxylation sites is 4. The molecule has 6 aromatic heterocycles. The van der Waals surface area contributed by atoms with Crippen LogP contribution in [0.1, 0.15) is 105 Å². The highest BCUT2D eigenvalue weighted by atomic mass is 15.2. The molecule has 0 bridgehead atoms. The molecule has 8 heteroatoms. The van der Waals surface area contributed by atoms with E-state index in [2.05, 4.69) is 292 Å². The van der Waals surface area contributed by atoms with Crippen LogP contribution in [-0.4, -0.2) is 27.6 Å². The number of imidazole rings is 4. The summed E-state index contributed by atoms with van der Waals surface area (Å²) < 4.78 is 9.77. The van der Waals surface area contributed by atoms with Gasteiger partial charge in [0.1, 0.15) is 0 Å². The number of rotatable bonds is 6. The molecule has 0 aliphatic heterocycles. The van der Waals surface area contributed by atoms with Crippen LogP contribution in [0.4, 0.5) is 34.1 Å². The van der Waals surface area contributed by atoms with Crippen LogP contribution in [0.5, 0.6) is 0 Å². The van der Waals surface area contributed by atoms with E-state index < -0.39 is 0 Å². The van der Waals surface area contributed by atoms with Crippen molar-refractivity contribution in [2.45, 2.75) is 105 Å². The molecular weight excluding hydrogens is 977 g/mol. The van der Waals surface area contributed by atoms with Crippen LogP contribution in [0.25, 0.3) is 88.3 Å². The molecule has 0 fully saturated rings. The molecule has 394 valence electrons. The first-order valence-corrected chi connectivity index (χ1v) is 28.3. The third kappa shape index (κ3) is 6.93. The monoisotopic (exact) mass is 1040 g/mol. The van der Waals surface area contributed by atoms with E-state index in [1.807, 2.05) is 0 Å². The fourth-order valence-corrected chi connectivity index (χ4v) is 13.0. The summed E-state index contributed by atoms with van der Waals surface area (Å²) in [6.07, 6.45) is 0. The predicted molar refractivity (Wildman–Crippen MR) is 337 cm³/mol. The molecule has 15 aromatic rings. The second-order valence-corrected chi connectivity index (χ2v) is 26.5. The molecule has 15 rings (SSSR count). The number of hydrogen-bond donors (Lipinski definition) is 0. The van der Waals surface area contributed by atoms with Gasteiger partial charge in [0.25, 0.3) is 0 Å². The van der Waals surface area contributed by atoms with Crippen molar-refractivity contribution in [2.24, 2.45) is 0 Å². The third-order valence-electron chi connectivity index (χ3n) is 17.2. The molecule has 0 aliphatic carbocycles. The highest BCUT2D eigenvalue weighted by Crippen LogP contribution is 2.51. The molecule has 0 atom stereocenters. The highest BCUT2D eigenvalue weighted by Gasteiger charge is 2.33. The number of benzene rings is 9. The maximum atomic E-state index is 5.54. The van der Waals surface area contributed by atoms with Crippen molar-refractivity contribution in [1.29, 1.82) is 0 Å². The first-order valence-electron chi connectivity index (χ1n) is 28.3. The van der Waals surface area contributed by atoms with Crippen molar-refractivity contribution in [1.82, 2.24) is 27.6 Å². The SMILES string of the molecule is CC(C)(C)c1ccc(N(c2ccc(C(C)(C)C)cc2)c2ccc3c(c2)c2c4c5c(c6cc(N(c7ccc(C(C)(C)C)cc7)c7ccc(C(C)(C)C)cc7)ccc6n5c5nc6ccccc6n45)c4c2n3c2nc3ccccc3n42)cc1. The molecule has 0 amide bonds. The summed E-state index contributed by atoms with van der Waals surface area (Å²) in [7, 11) is 0. The Morgan fingerprint density at radius 1 is 0.287 bits per heavy atom. The van der Waals surface area contributed by atoms with E-state index in [-0.39, 0.29) is 21.7 Å². The van der Waals surface area contributed by atoms with Crippen LogP contribution in [0.3, 0.4) is 0 Å². The average molecular weight is 1040 g/mol. The molecular formula is C72H66N8. The second kappa shape index (κ2) is 16.4. The second-order valence-electron chi connectivity index (χ2n) is 26.5. The number of hydrogen-bond acceptors (Lipinski definition) is 4. The number of aromatic nitrogens is 6. The van der Waals surface area contributed by atoms with Crippen molar-refractivity contribution in [3.63, 3.8) is 0 Å². The van der Waals surface area contributed by atoms with Gasteiger partial charge < -0.3 is 9.80 Å². The molecule has 0 spiro atoms. The van der Waals surface area contributed by atoms with Crippen LogP contribution in [-0.2, 0) is 21.7 Å². The van der Waals surface area contributed by atoms with Crippen LogP contribution in [0.2, 0.25) is 0 Å². The van der Waals surface area contributed by atoms with Crippen molar-refractivity contribution in [3.8, 4) is 0 Å². The predicted octanol–water partition coefficient (Wildman–Crippen LogP) is 19.4. The molecule has 6 heterocycles. The van der Waals surface area contributed by atoms with Crippen molar-refractivity contribution >= 4 is 122 Å². The molecule has 9 aromatic carbocycles. The fraction of sp³-hybridized carbons (Fsp3) is 0.222. The maximum absolute atomic E-state index is 5.54. The first kappa shape index (κ1) is 48.3. The minimum Gasteiger partial charge on any atom is -0.310 e. The average Bonchev–Trinajstić information content (AvgIpc) is 2.98. The zero-order valence-corrected chi connectivity index (χ0v) is 47.9. The van der Waals surface area contributed by atoms with E-state index in [1.165, 1.54) is 33.0 Å².